The first-order valence-corrected chi connectivity index (χ1v) is 10.0. The average molecular weight is 429 g/mol. The molecular weight excluding hydrogens is 411 g/mol. The van der Waals surface area contributed by atoms with E-state index >= 15 is 0 Å². The molecule has 156 valence electrons. The van der Waals surface area contributed by atoms with Crippen molar-refractivity contribution in [2.45, 2.75) is 25.1 Å². The number of hydrogen-bond donors (Lipinski definition) is 1. The van der Waals surface area contributed by atoms with Gasteiger partial charge in [-0.05, 0) is 48.9 Å². The van der Waals surface area contributed by atoms with Crippen molar-refractivity contribution in [1.29, 1.82) is 0 Å². The van der Waals surface area contributed by atoms with Crippen LogP contribution in [0.15, 0.2) is 48.5 Å². The predicted molar refractivity (Wildman–Crippen MR) is 101 cm³/mol. The maximum atomic E-state index is 12.2. The minimum absolute atomic E-state index is 0.208. The van der Waals surface area contributed by atoms with Crippen molar-refractivity contribution in [3.8, 4) is 5.75 Å². The summed E-state index contributed by atoms with van der Waals surface area (Å²) < 4.78 is 56.6. The van der Waals surface area contributed by atoms with Gasteiger partial charge in [-0.15, -0.1) is 13.2 Å². The fourth-order valence-corrected chi connectivity index (χ4v) is 2.94. The largest absolute Gasteiger partial charge is 0.573 e. The number of alkyl halides is 3. The molecule has 0 saturated carbocycles. The van der Waals surface area contributed by atoms with Gasteiger partial charge in [0, 0.05) is 28.5 Å². The van der Waals surface area contributed by atoms with Crippen LogP contribution in [0.25, 0.3) is 0 Å². The molecule has 0 heterocycles. The van der Waals surface area contributed by atoms with E-state index in [4.69, 9.17) is 4.74 Å². The Balaban J connectivity index is 1.95. The standard InChI is InChI=1S/C19H18F3NO5S/c1-12(27-18(25)14-5-3-4-13(10-14)11-29(2)26)17(24)23-15-6-8-16(9-7-15)28-19(20,21)22/h3-10,12H,11H2,1-2H3,(H,23,24). The third-order valence-electron chi connectivity index (χ3n) is 3.54. The first kappa shape index (κ1) is 22.4. The Morgan fingerprint density at radius 3 is 2.38 bits per heavy atom. The van der Waals surface area contributed by atoms with Crippen LogP contribution in [0, 0.1) is 0 Å². The van der Waals surface area contributed by atoms with Crippen LogP contribution in [0.5, 0.6) is 5.75 Å². The van der Waals surface area contributed by atoms with Crippen LogP contribution < -0.4 is 10.1 Å². The molecule has 0 radical (unpaired) electrons. The quantitative estimate of drug-likeness (QED) is 0.680. The Kier molecular flexibility index (Phi) is 7.38. The van der Waals surface area contributed by atoms with E-state index in [9.17, 15) is 27.0 Å². The van der Waals surface area contributed by atoms with Crippen molar-refractivity contribution in [2.75, 3.05) is 11.6 Å². The Morgan fingerprint density at radius 2 is 1.79 bits per heavy atom. The number of anilines is 1. The van der Waals surface area contributed by atoms with Crippen molar-refractivity contribution in [3.63, 3.8) is 0 Å². The van der Waals surface area contributed by atoms with E-state index in [-0.39, 0.29) is 17.0 Å². The van der Waals surface area contributed by atoms with Gasteiger partial charge in [-0.3, -0.25) is 9.00 Å². The summed E-state index contributed by atoms with van der Waals surface area (Å²) in [6, 6.07) is 10.9. The number of halogens is 3. The lowest BCUT2D eigenvalue weighted by Gasteiger charge is -2.14. The summed E-state index contributed by atoms with van der Waals surface area (Å²) in [6.45, 7) is 1.36. The summed E-state index contributed by atoms with van der Waals surface area (Å²) in [4.78, 5) is 24.4. The molecule has 0 aliphatic heterocycles. The van der Waals surface area contributed by atoms with Gasteiger partial charge in [0.15, 0.2) is 6.10 Å². The lowest BCUT2D eigenvalue weighted by atomic mass is 10.1. The van der Waals surface area contributed by atoms with Crippen molar-refractivity contribution in [1.82, 2.24) is 0 Å². The summed E-state index contributed by atoms with van der Waals surface area (Å²) in [5.74, 6) is -1.53. The number of nitrogens with one attached hydrogen (secondary N) is 1. The van der Waals surface area contributed by atoms with Crippen LogP contribution in [0.3, 0.4) is 0 Å². The fraction of sp³-hybridized carbons (Fsp3) is 0.263. The number of carbonyl (C=O) groups excluding carboxylic acids is 2. The van der Waals surface area contributed by atoms with Crippen molar-refractivity contribution in [3.05, 3.63) is 59.7 Å². The Labute approximate surface area is 167 Å². The van der Waals surface area contributed by atoms with Gasteiger partial charge in [0.1, 0.15) is 5.75 Å². The third kappa shape index (κ3) is 7.57. The molecule has 0 saturated heterocycles. The molecule has 2 aromatic carbocycles. The molecule has 0 spiro atoms. The highest BCUT2D eigenvalue weighted by atomic mass is 32.2. The molecule has 2 unspecified atom stereocenters. The number of hydrogen-bond acceptors (Lipinski definition) is 5. The normalized spacial score (nSPS) is 13.3. The van der Waals surface area contributed by atoms with Crippen molar-refractivity contribution in [2.24, 2.45) is 0 Å². The molecule has 2 aromatic rings. The highest BCUT2D eigenvalue weighted by Gasteiger charge is 2.31. The molecule has 1 amide bonds. The average Bonchev–Trinajstić information content (AvgIpc) is 2.61. The van der Waals surface area contributed by atoms with Gasteiger partial charge in [0.05, 0.1) is 5.56 Å². The lowest BCUT2D eigenvalue weighted by Crippen LogP contribution is -2.30. The minimum atomic E-state index is -4.81. The van der Waals surface area contributed by atoms with E-state index in [2.05, 4.69) is 10.1 Å². The molecule has 29 heavy (non-hydrogen) atoms. The number of esters is 1. The topological polar surface area (TPSA) is 81.7 Å². The van der Waals surface area contributed by atoms with Gasteiger partial charge in [0.2, 0.25) is 0 Å². The van der Waals surface area contributed by atoms with E-state index in [1.807, 2.05) is 0 Å². The molecule has 0 aliphatic carbocycles. The summed E-state index contributed by atoms with van der Waals surface area (Å²) in [5, 5.41) is 2.43. The van der Waals surface area contributed by atoms with Gasteiger partial charge in [-0.25, -0.2) is 4.79 Å². The molecule has 0 aromatic heterocycles. The molecule has 2 rings (SSSR count). The molecule has 1 N–H and O–H groups in total. The van der Waals surface area contributed by atoms with Gasteiger partial charge in [0.25, 0.3) is 5.91 Å². The van der Waals surface area contributed by atoms with Crippen LogP contribution >= 0.6 is 0 Å². The number of benzene rings is 2. The zero-order valence-corrected chi connectivity index (χ0v) is 16.3. The number of rotatable bonds is 7. The SMILES string of the molecule is CC(OC(=O)c1cccc(CS(C)=O)c1)C(=O)Nc1ccc(OC(F)(F)F)cc1. The zero-order valence-electron chi connectivity index (χ0n) is 15.5. The van der Waals surface area contributed by atoms with Gasteiger partial charge >= 0.3 is 12.3 Å². The molecule has 6 nitrogen and oxygen atoms in total. The summed E-state index contributed by atoms with van der Waals surface area (Å²) in [5.41, 5.74) is 1.11. The number of carbonyl (C=O) groups is 2. The van der Waals surface area contributed by atoms with Gasteiger partial charge < -0.3 is 14.8 Å². The maximum Gasteiger partial charge on any atom is 0.573 e. The second-order valence-corrected chi connectivity index (χ2v) is 7.46. The van der Waals surface area contributed by atoms with Gasteiger partial charge in [-0.2, -0.15) is 0 Å². The van der Waals surface area contributed by atoms with Crippen molar-refractivity contribution < 1.29 is 36.4 Å². The smallest absolute Gasteiger partial charge is 0.449 e. The van der Waals surface area contributed by atoms with Crippen molar-refractivity contribution >= 4 is 28.4 Å². The molecule has 10 heteroatoms. The van der Waals surface area contributed by atoms with Crippen LogP contribution in [-0.4, -0.2) is 34.8 Å². The maximum absolute atomic E-state index is 12.2. The van der Waals surface area contributed by atoms with E-state index in [1.165, 1.54) is 31.2 Å². The highest BCUT2D eigenvalue weighted by molar-refractivity contribution is 7.83. The second-order valence-electron chi connectivity index (χ2n) is 6.03. The minimum Gasteiger partial charge on any atom is -0.449 e. The first-order chi connectivity index (χ1) is 13.5. The van der Waals surface area contributed by atoms with Gasteiger partial charge in [-0.1, -0.05) is 12.1 Å². The van der Waals surface area contributed by atoms with Crippen LogP contribution in [0.1, 0.15) is 22.8 Å². The highest BCUT2D eigenvalue weighted by Crippen LogP contribution is 2.24. The zero-order chi connectivity index (χ0) is 21.6. The van der Waals surface area contributed by atoms with E-state index < -0.39 is 40.9 Å². The van der Waals surface area contributed by atoms with Crippen LogP contribution in [0.2, 0.25) is 0 Å². The van der Waals surface area contributed by atoms with Crippen LogP contribution in [0.4, 0.5) is 18.9 Å². The second kappa shape index (κ2) is 9.55. The molecular formula is C19H18F3NO5S. The lowest BCUT2D eigenvalue weighted by molar-refractivity contribution is -0.274. The Morgan fingerprint density at radius 1 is 1.14 bits per heavy atom. The summed E-state index contributed by atoms with van der Waals surface area (Å²) in [6.07, 6.45) is -4.42. The Hall–Kier alpha value is -2.88. The summed E-state index contributed by atoms with van der Waals surface area (Å²) >= 11 is 0. The Bertz CT molecular complexity index is 899. The number of amides is 1. The monoisotopic (exact) mass is 429 g/mol. The first-order valence-electron chi connectivity index (χ1n) is 8.30. The molecule has 0 aliphatic rings. The fourth-order valence-electron chi connectivity index (χ4n) is 2.29. The predicted octanol–water partition coefficient (Wildman–Crippen LogP) is 3.65. The third-order valence-corrected chi connectivity index (χ3v) is 4.28. The summed E-state index contributed by atoms with van der Waals surface area (Å²) in [7, 11) is -1.07. The van der Waals surface area contributed by atoms with E-state index in [1.54, 1.807) is 18.4 Å². The van der Waals surface area contributed by atoms with E-state index in [0.29, 0.717) is 5.56 Å². The number of ether oxygens (including phenoxy) is 2. The molecule has 2 atom stereocenters. The van der Waals surface area contributed by atoms with E-state index in [0.717, 1.165) is 12.1 Å². The molecule has 0 bridgehead atoms. The van der Waals surface area contributed by atoms with Crippen LogP contribution in [-0.2, 0) is 26.1 Å². The molecule has 0 fully saturated rings.